The van der Waals surface area contributed by atoms with Crippen LogP contribution < -0.4 is 16.2 Å². The summed E-state index contributed by atoms with van der Waals surface area (Å²) in [5.41, 5.74) is 1.62. The SMILES string of the molecule is O=C(CSc1nc2scc(C3CC3)c2c(=O)n1-c1ccccc1)NC(=O)NCc1ccco1. The number of rotatable bonds is 7. The highest BCUT2D eigenvalue weighted by Crippen LogP contribution is 2.44. The predicted molar refractivity (Wildman–Crippen MR) is 127 cm³/mol. The zero-order valence-corrected chi connectivity index (χ0v) is 19.1. The monoisotopic (exact) mass is 480 g/mol. The topological polar surface area (TPSA) is 106 Å². The number of hydrogen-bond acceptors (Lipinski definition) is 7. The Morgan fingerprint density at radius 1 is 1.18 bits per heavy atom. The molecule has 0 atom stereocenters. The molecule has 0 bridgehead atoms. The highest BCUT2D eigenvalue weighted by atomic mass is 32.2. The van der Waals surface area contributed by atoms with Crippen LogP contribution in [0.3, 0.4) is 0 Å². The molecule has 3 aromatic heterocycles. The van der Waals surface area contributed by atoms with Crippen LogP contribution in [0.5, 0.6) is 0 Å². The number of nitrogens with one attached hydrogen (secondary N) is 2. The number of carbonyl (C=O) groups is 2. The molecule has 0 aliphatic heterocycles. The molecule has 1 aliphatic rings. The third-order valence-corrected chi connectivity index (χ3v) is 7.05. The summed E-state index contributed by atoms with van der Waals surface area (Å²) in [6.45, 7) is 0.173. The second-order valence-corrected chi connectivity index (χ2v) is 9.42. The Kier molecular flexibility index (Phi) is 6.01. The fourth-order valence-corrected chi connectivity index (χ4v) is 5.38. The fourth-order valence-electron chi connectivity index (χ4n) is 3.51. The van der Waals surface area contributed by atoms with E-state index < -0.39 is 11.9 Å². The van der Waals surface area contributed by atoms with Crippen molar-refractivity contribution in [2.75, 3.05) is 5.75 Å². The van der Waals surface area contributed by atoms with Crippen molar-refractivity contribution in [3.8, 4) is 5.69 Å². The number of imide groups is 1. The molecule has 0 radical (unpaired) electrons. The lowest BCUT2D eigenvalue weighted by molar-refractivity contribution is -0.117. The minimum Gasteiger partial charge on any atom is -0.467 e. The van der Waals surface area contributed by atoms with E-state index >= 15 is 0 Å². The first-order chi connectivity index (χ1) is 16.1. The van der Waals surface area contributed by atoms with Gasteiger partial charge in [0.2, 0.25) is 5.91 Å². The summed E-state index contributed by atoms with van der Waals surface area (Å²) in [5.74, 6) is 0.454. The number of hydrogen-bond donors (Lipinski definition) is 2. The van der Waals surface area contributed by atoms with Gasteiger partial charge in [0.05, 0.1) is 29.6 Å². The molecule has 0 spiro atoms. The van der Waals surface area contributed by atoms with Crippen molar-refractivity contribution in [3.63, 3.8) is 0 Å². The highest BCUT2D eigenvalue weighted by Gasteiger charge is 2.29. The molecule has 1 saturated carbocycles. The largest absolute Gasteiger partial charge is 0.467 e. The number of aromatic nitrogens is 2. The van der Waals surface area contributed by atoms with E-state index in [-0.39, 0.29) is 17.9 Å². The summed E-state index contributed by atoms with van der Waals surface area (Å²) >= 11 is 2.57. The Bertz CT molecular complexity index is 1360. The third-order valence-electron chi connectivity index (χ3n) is 5.23. The van der Waals surface area contributed by atoms with E-state index in [2.05, 4.69) is 10.6 Å². The fraction of sp³-hybridized carbons (Fsp3) is 0.217. The molecule has 33 heavy (non-hydrogen) atoms. The van der Waals surface area contributed by atoms with Gasteiger partial charge in [-0.15, -0.1) is 11.3 Å². The van der Waals surface area contributed by atoms with Gasteiger partial charge >= 0.3 is 6.03 Å². The normalized spacial score (nSPS) is 13.2. The first-order valence-electron chi connectivity index (χ1n) is 10.4. The van der Waals surface area contributed by atoms with Crippen LogP contribution in [0.2, 0.25) is 0 Å². The van der Waals surface area contributed by atoms with Gasteiger partial charge in [-0.1, -0.05) is 30.0 Å². The van der Waals surface area contributed by atoms with Gasteiger partial charge < -0.3 is 9.73 Å². The summed E-state index contributed by atoms with van der Waals surface area (Å²) < 4.78 is 6.70. The minimum absolute atomic E-state index is 0.0696. The molecule has 10 heteroatoms. The molecular weight excluding hydrogens is 460 g/mol. The van der Waals surface area contributed by atoms with Gasteiger partial charge in [0.15, 0.2) is 5.16 Å². The van der Waals surface area contributed by atoms with Gasteiger partial charge in [-0.25, -0.2) is 9.78 Å². The molecule has 0 unspecified atom stereocenters. The van der Waals surface area contributed by atoms with E-state index in [9.17, 15) is 14.4 Å². The second-order valence-electron chi connectivity index (χ2n) is 7.61. The van der Waals surface area contributed by atoms with E-state index in [1.807, 2.05) is 35.7 Å². The summed E-state index contributed by atoms with van der Waals surface area (Å²) in [6.07, 6.45) is 3.69. The molecule has 5 rings (SSSR count). The molecule has 1 fully saturated rings. The lowest BCUT2D eigenvalue weighted by Crippen LogP contribution is -2.40. The number of benzene rings is 1. The maximum absolute atomic E-state index is 13.5. The number of thioether (sulfide) groups is 1. The van der Waals surface area contributed by atoms with Gasteiger partial charge in [0, 0.05) is 0 Å². The third kappa shape index (κ3) is 4.71. The molecule has 168 valence electrons. The smallest absolute Gasteiger partial charge is 0.321 e. The summed E-state index contributed by atoms with van der Waals surface area (Å²) in [5, 5.41) is 7.95. The molecule has 3 amide bonds. The zero-order valence-electron chi connectivity index (χ0n) is 17.4. The Morgan fingerprint density at radius 3 is 2.73 bits per heavy atom. The first kappa shape index (κ1) is 21.5. The van der Waals surface area contributed by atoms with Crippen LogP contribution in [0.1, 0.15) is 30.1 Å². The molecule has 3 heterocycles. The number of furan rings is 1. The highest BCUT2D eigenvalue weighted by molar-refractivity contribution is 7.99. The molecule has 2 N–H and O–H groups in total. The van der Waals surface area contributed by atoms with Gasteiger partial charge in [-0.05, 0) is 54.0 Å². The molecule has 0 saturated heterocycles. The molecule has 1 aromatic carbocycles. The van der Waals surface area contributed by atoms with E-state index in [0.717, 1.165) is 30.2 Å². The van der Waals surface area contributed by atoms with Crippen LogP contribution >= 0.6 is 23.1 Å². The minimum atomic E-state index is -0.617. The maximum Gasteiger partial charge on any atom is 0.321 e. The average molecular weight is 481 g/mol. The van der Waals surface area contributed by atoms with Crippen molar-refractivity contribution < 1.29 is 14.0 Å². The van der Waals surface area contributed by atoms with Crippen LogP contribution in [0.4, 0.5) is 4.79 Å². The Hall–Kier alpha value is -3.37. The predicted octanol–water partition coefficient (Wildman–Crippen LogP) is 4.04. The standard InChI is InChI=1S/C23H20N4O4S2/c28-18(25-22(30)24-11-16-7-4-10-31-16)13-33-23-26-20-19(17(12-32-20)14-8-9-14)21(29)27(23)15-5-2-1-3-6-15/h1-7,10,12,14H,8-9,11,13H2,(H2,24,25,28,30). The van der Waals surface area contributed by atoms with Gasteiger partial charge in [0.1, 0.15) is 10.6 Å². The zero-order chi connectivity index (χ0) is 22.8. The number of nitrogens with zero attached hydrogens (tertiary/aromatic N) is 2. The Balaban J connectivity index is 1.35. The number of carbonyl (C=O) groups excluding carboxylic acids is 2. The quantitative estimate of drug-likeness (QED) is 0.306. The van der Waals surface area contributed by atoms with Crippen LogP contribution in [-0.4, -0.2) is 27.2 Å². The summed E-state index contributed by atoms with van der Waals surface area (Å²) in [7, 11) is 0. The van der Waals surface area contributed by atoms with E-state index in [4.69, 9.17) is 9.40 Å². The maximum atomic E-state index is 13.5. The van der Waals surface area contributed by atoms with E-state index in [0.29, 0.717) is 32.7 Å². The van der Waals surface area contributed by atoms with Crippen LogP contribution in [0.25, 0.3) is 15.9 Å². The van der Waals surface area contributed by atoms with Gasteiger partial charge in [0.25, 0.3) is 5.56 Å². The van der Waals surface area contributed by atoms with E-state index in [1.54, 1.807) is 16.7 Å². The van der Waals surface area contributed by atoms with Crippen molar-refractivity contribution in [1.29, 1.82) is 0 Å². The number of para-hydroxylation sites is 1. The summed E-state index contributed by atoms with van der Waals surface area (Å²) in [4.78, 5) is 43.3. The van der Waals surface area contributed by atoms with Crippen molar-refractivity contribution in [1.82, 2.24) is 20.2 Å². The molecular formula is C23H20N4O4S2. The van der Waals surface area contributed by atoms with Crippen molar-refractivity contribution >= 4 is 45.3 Å². The number of urea groups is 1. The Labute approximate surface area is 197 Å². The lowest BCUT2D eigenvalue weighted by atomic mass is 10.1. The molecule has 8 nitrogen and oxygen atoms in total. The van der Waals surface area contributed by atoms with Crippen molar-refractivity contribution in [2.45, 2.75) is 30.5 Å². The van der Waals surface area contributed by atoms with Gasteiger partial charge in [-0.2, -0.15) is 0 Å². The number of amides is 3. The van der Waals surface area contributed by atoms with Crippen LogP contribution in [0, 0.1) is 0 Å². The second kappa shape index (κ2) is 9.24. The van der Waals surface area contributed by atoms with Crippen molar-refractivity contribution in [3.05, 3.63) is 75.8 Å². The molecule has 4 aromatic rings. The van der Waals surface area contributed by atoms with Crippen LogP contribution in [-0.2, 0) is 11.3 Å². The number of thiophene rings is 1. The van der Waals surface area contributed by atoms with Crippen molar-refractivity contribution in [2.24, 2.45) is 0 Å². The number of fused-ring (bicyclic) bond motifs is 1. The summed E-state index contributed by atoms with van der Waals surface area (Å²) in [6, 6.07) is 12.1. The average Bonchev–Trinajstić information content (AvgIpc) is 3.35. The molecule has 1 aliphatic carbocycles. The van der Waals surface area contributed by atoms with Gasteiger partial charge in [-0.3, -0.25) is 19.5 Å². The lowest BCUT2D eigenvalue weighted by Gasteiger charge is -2.12. The Morgan fingerprint density at radius 2 is 2.00 bits per heavy atom. The first-order valence-corrected chi connectivity index (χ1v) is 12.3. The van der Waals surface area contributed by atoms with Crippen LogP contribution in [0.15, 0.2) is 68.5 Å². The van der Waals surface area contributed by atoms with E-state index in [1.165, 1.54) is 17.6 Å².